The van der Waals surface area contributed by atoms with Crippen molar-refractivity contribution in [3.63, 3.8) is 0 Å². The van der Waals surface area contributed by atoms with E-state index in [0.717, 1.165) is 22.7 Å². The Morgan fingerprint density at radius 2 is 0.324 bits per heavy atom. The van der Waals surface area contributed by atoms with Gasteiger partial charge in [0.15, 0.2) is 0 Å². The van der Waals surface area contributed by atoms with Crippen LogP contribution < -0.4 is 0 Å². The fraction of sp³-hybridized carbons (Fsp3) is 0. The Morgan fingerprint density at radius 3 is 0.706 bits per heavy atom. The number of hydrogen-bond donors (Lipinski definition) is 0. The fourth-order valence-electron chi connectivity index (χ4n) is 22.1. The number of hydrogen-bond acceptors (Lipinski definition) is 0. The lowest BCUT2D eigenvalue weighted by Gasteiger charge is -2.13. The molecule has 21 aromatic carbocycles. The van der Waals surface area contributed by atoms with Crippen molar-refractivity contribution in [2.45, 2.75) is 0 Å². The van der Waals surface area contributed by atoms with Gasteiger partial charge in [-0.2, -0.15) is 0 Å². The number of aromatic nitrogens is 8. The zero-order valence-electron chi connectivity index (χ0n) is 74.1. The molecule has 29 rings (SSSR count). The van der Waals surface area contributed by atoms with E-state index in [-0.39, 0.29) is 0 Å². The monoisotopic (exact) mass is 1730 g/mol. The predicted octanol–water partition coefficient (Wildman–Crippen LogP) is 33.7. The van der Waals surface area contributed by atoms with Gasteiger partial charge in [0.25, 0.3) is 0 Å². The Balaban J connectivity index is 0.000000104. The molecule has 0 bridgehead atoms. The van der Waals surface area contributed by atoms with Gasteiger partial charge in [0.1, 0.15) is 0 Å². The van der Waals surface area contributed by atoms with Crippen LogP contribution in [0.15, 0.2) is 510 Å². The molecule has 0 atom stereocenters. The quantitative estimate of drug-likeness (QED) is 0.124. The minimum atomic E-state index is 1.14. The van der Waals surface area contributed by atoms with Crippen molar-refractivity contribution in [3.05, 3.63) is 510 Å². The van der Waals surface area contributed by atoms with E-state index in [2.05, 4.69) is 546 Å². The highest BCUT2D eigenvalue weighted by Gasteiger charge is 2.27. The second kappa shape index (κ2) is 31.8. The van der Waals surface area contributed by atoms with E-state index in [9.17, 15) is 0 Å². The molecule has 8 nitrogen and oxygen atoms in total. The number of rotatable bonds is 11. The Bertz CT molecular complexity index is 9690. The van der Waals surface area contributed by atoms with Gasteiger partial charge in [-0.1, -0.05) is 315 Å². The van der Waals surface area contributed by atoms with Crippen molar-refractivity contribution < 1.29 is 0 Å². The topological polar surface area (TPSA) is 39.4 Å². The SMILES string of the molecule is c1ccc(-c2cc(-c3ccccc3)cc(-c3ccc(-n4c5ccccc5c5cc6c7ccccc7n(-c7ccccc7)c6cc54)cc3)c2)cc1.c1ccc(-n2c3ccccc3c3cc(-n4c5ccccc5c5c4c4ccccc4n5-c4ccccc4)ccc32)cc1.c1ccc(-n2c3ccccc3c3cc(-n4c5ccccc5c5c4ccc4c6ccccc6n(-c6ccccc6)c45)ccc32)cc1. The first-order valence-electron chi connectivity index (χ1n) is 46.7. The van der Waals surface area contributed by atoms with Crippen LogP contribution in [0.25, 0.3) is 243 Å². The number of fused-ring (bicyclic) bond motifs is 24. The molecule has 0 saturated heterocycles. The Kier molecular flexibility index (Phi) is 18.2. The molecule has 8 heteroatoms. The third-order valence-corrected chi connectivity index (χ3v) is 27.9. The van der Waals surface area contributed by atoms with Gasteiger partial charge in [-0.3, -0.25) is 0 Å². The van der Waals surface area contributed by atoms with Crippen LogP contribution in [0, 0.1) is 0 Å². The maximum Gasteiger partial charge on any atom is 0.0803 e. The molecule has 0 radical (unpaired) electrons. The summed E-state index contributed by atoms with van der Waals surface area (Å²) in [5, 5.41) is 17.6. The molecule has 0 fully saturated rings. The Hall–Kier alpha value is -18.2. The van der Waals surface area contributed by atoms with Crippen LogP contribution in [0.1, 0.15) is 0 Å². The second-order valence-electron chi connectivity index (χ2n) is 35.4. The van der Waals surface area contributed by atoms with Gasteiger partial charge in [-0.25, -0.2) is 0 Å². The summed E-state index contributed by atoms with van der Waals surface area (Å²) in [6.07, 6.45) is 0. The highest BCUT2D eigenvalue weighted by atomic mass is 15.1. The maximum atomic E-state index is 2.46. The lowest BCUT2D eigenvalue weighted by Crippen LogP contribution is -1.96. The largest absolute Gasteiger partial charge is 0.309 e. The third-order valence-electron chi connectivity index (χ3n) is 27.9. The highest BCUT2D eigenvalue weighted by Crippen LogP contribution is 2.48. The molecule has 0 amide bonds. The molecular weight excluding hydrogens is 1650 g/mol. The second-order valence-corrected chi connectivity index (χ2v) is 35.4. The Morgan fingerprint density at radius 1 is 0.0956 bits per heavy atom. The normalized spacial score (nSPS) is 11.8. The van der Waals surface area contributed by atoms with Crippen molar-refractivity contribution in [2.24, 2.45) is 0 Å². The van der Waals surface area contributed by atoms with Crippen LogP contribution in [-0.2, 0) is 0 Å². The van der Waals surface area contributed by atoms with Crippen molar-refractivity contribution in [1.82, 2.24) is 36.5 Å². The molecular formula is C128H84N8. The van der Waals surface area contributed by atoms with Crippen LogP contribution in [-0.4, -0.2) is 36.5 Å². The summed E-state index contributed by atoms with van der Waals surface area (Å²) in [6.45, 7) is 0. The minimum Gasteiger partial charge on any atom is -0.309 e. The highest BCUT2D eigenvalue weighted by molar-refractivity contribution is 6.27. The summed E-state index contributed by atoms with van der Waals surface area (Å²) >= 11 is 0. The molecule has 0 N–H and O–H groups in total. The molecule has 636 valence electrons. The van der Waals surface area contributed by atoms with E-state index in [1.807, 2.05) is 0 Å². The maximum absolute atomic E-state index is 2.46. The smallest absolute Gasteiger partial charge is 0.0803 e. The van der Waals surface area contributed by atoms with Crippen LogP contribution >= 0.6 is 0 Å². The summed E-state index contributed by atoms with van der Waals surface area (Å²) in [5.41, 5.74) is 36.0. The summed E-state index contributed by atoms with van der Waals surface area (Å²) < 4.78 is 19.4. The van der Waals surface area contributed by atoms with E-state index in [1.54, 1.807) is 0 Å². The van der Waals surface area contributed by atoms with Crippen LogP contribution in [0.4, 0.5) is 0 Å². The number of para-hydroxylation sites is 13. The van der Waals surface area contributed by atoms with Gasteiger partial charge < -0.3 is 36.5 Å². The average molecular weight is 1730 g/mol. The van der Waals surface area contributed by atoms with Gasteiger partial charge in [-0.15, -0.1) is 0 Å². The fourth-order valence-corrected chi connectivity index (χ4v) is 22.1. The number of benzene rings is 21. The van der Waals surface area contributed by atoms with Crippen LogP contribution in [0.3, 0.4) is 0 Å². The lowest BCUT2D eigenvalue weighted by molar-refractivity contribution is 1.16. The van der Waals surface area contributed by atoms with Crippen molar-refractivity contribution in [3.8, 4) is 78.9 Å². The van der Waals surface area contributed by atoms with Crippen LogP contribution in [0.2, 0.25) is 0 Å². The molecule has 0 aliphatic rings. The van der Waals surface area contributed by atoms with Crippen molar-refractivity contribution in [1.29, 1.82) is 0 Å². The first-order valence-corrected chi connectivity index (χ1v) is 46.7. The molecule has 0 aliphatic heterocycles. The van der Waals surface area contributed by atoms with Gasteiger partial charge in [0.05, 0.1) is 88.3 Å². The minimum absolute atomic E-state index is 1.14. The van der Waals surface area contributed by atoms with Gasteiger partial charge in [0.2, 0.25) is 0 Å². The third kappa shape index (κ3) is 12.4. The first kappa shape index (κ1) is 77.7. The van der Waals surface area contributed by atoms with Gasteiger partial charge in [-0.05, 0) is 228 Å². The molecule has 8 heterocycles. The number of nitrogens with zero attached hydrogens (tertiary/aromatic N) is 8. The molecule has 136 heavy (non-hydrogen) atoms. The van der Waals surface area contributed by atoms with Crippen molar-refractivity contribution in [2.75, 3.05) is 0 Å². The van der Waals surface area contributed by atoms with Crippen LogP contribution in [0.5, 0.6) is 0 Å². The lowest BCUT2D eigenvalue weighted by atomic mass is 9.93. The standard InChI is InChI=1S/C48H32N2.C42H27N3.C38H25N3/c1-4-14-33(15-5-1)36-28-37(34-16-6-2-7-17-34)30-38(29-36)35-24-26-40(27-25-35)50-46-23-13-11-21-42(46)44-31-43-41-20-10-12-22-45(41)49(47(43)32-48(44)50)39-18-8-3-9-19-39;1-3-13-28(14-4-1)43-36-20-10-8-18-32(36)35-27-30(23-25-39(35)43)44-38-22-12-9-19-34(38)41-40(44)26-24-33-31-17-7-11-21-37(31)45(42(33)41)29-15-5-2-6-16-29;1-3-13-26(14-4-1)39-33-20-10-7-17-29(33)32-25-28(23-24-36(32)39)41-35-22-12-9-19-31(35)37-38(41)30-18-8-11-21-34(30)40(37)27-15-5-2-6-16-27/h1-32H;1-27H;1-25H. The summed E-state index contributed by atoms with van der Waals surface area (Å²) in [7, 11) is 0. The van der Waals surface area contributed by atoms with Gasteiger partial charge >= 0.3 is 0 Å². The predicted molar refractivity (Wildman–Crippen MR) is 573 cm³/mol. The van der Waals surface area contributed by atoms with Crippen molar-refractivity contribution >= 4 is 164 Å². The molecule has 0 unspecified atom stereocenters. The summed E-state index contributed by atoms with van der Waals surface area (Å²) in [6, 6.07) is 184. The first-order chi connectivity index (χ1) is 67.5. The zero-order valence-corrected chi connectivity index (χ0v) is 74.1. The molecule has 29 aromatic rings. The Labute approximate surface area is 783 Å². The molecule has 0 aliphatic carbocycles. The van der Waals surface area contributed by atoms with E-state index in [1.165, 1.54) is 220 Å². The van der Waals surface area contributed by atoms with E-state index in [4.69, 9.17) is 0 Å². The van der Waals surface area contributed by atoms with E-state index < -0.39 is 0 Å². The van der Waals surface area contributed by atoms with E-state index >= 15 is 0 Å². The summed E-state index contributed by atoms with van der Waals surface area (Å²) in [5.74, 6) is 0. The average Bonchev–Trinajstić information content (AvgIpc) is 1.55. The van der Waals surface area contributed by atoms with E-state index in [0.29, 0.717) is 0 Å². The molecule has 0 spiro atoms. The zero-order chi connectivity index (χ0) is 89.4. The molecule has 0 saturated carbocycles. The van der Waals surface area contributed by atoms with Gasteiger partial charge in [0, 0.05) is 121 Å². The summed E-state index contributed by atoms with van der Waals surface area (Å²) in [4.78, 5) is 0. The molecule has 8 aromatic heterocycles.